The van der Waals surface area contributed by atoms with Crippen LogP contribution in [-0.2, 0) is 14.3 Å². The minimum absolute atomic E-state index is 0.0105. The number of allylic oxidation sites excluding steroid dienone is 4. The van der Waals surface area contributed by atoms with Crippen LogP contribution >= 0.6 is 0 Å². The van der Waals surface area contributed by atoms with Crippen molar-refractivity contribution in [1.82, 2.24) is 5.32 Å². The molecule has 0 aliphatic heterocycles. The van der Waals surface area contributed by atoms with Crippen LogP contribution in [0.4, 0.5) is 0 Å². The second-order valence-electron chi connectivity index (χ2n) is 24.2. The van der Waals surface area contributed by atoms with Gasteiger partial charge in [-0.15, -0.1) is 0 Å². The van der Waals surface area contributed by atoms with Gasteiger partial charge in [-0.1, -0.05) is 327 Å². The molecule has 1 amide bonds. The minimum atomic E-state index is -0.669. The Morgan fingerprint density at radius 1 is 0.351 bits per heavy atom. The van der Waals surface area contributed by atoms with Gasteiger partial charge in [-0.2, -0.15) is 0 Å². The van der Waals surface area contributed by atoms with Crippen LogP contribution in [0.2, 0.25) is 0 Å². The van der Waals surface area contributed by atoms with Gasteiger partial charge in [0.25, 0.3) is 0 Å². The number of carbonyl (C=O) groups is 2. The van der Waals surface area contributed by atoms with Gasteiger partial charge in [0, 0.05) is 12.8 Å². The van der Waals surface area contributed by atoms with Crippen LogP contribution in [0.25, 0.3) is 0 Å². The van der Waals surface area contributed by atoms with Crippen molar-refractivity contribution in [3.63, 3.8) is 0 Å². The molecule has 456 valence electrons. The number of unbranched alkanes of at least 4 members (excludes halogenated alkanes) is 51. The van der Waals surface area contributed by atoms with Gasteiger partial charge in [0.1, 0.15) is 0 Å². The fraction of sp³-hybridized carbons (Fsp3) is 0.915. The topological polar surface area (TPSA) is 95.9 Å². The molecule has 0 rings (SSSR count). The zero-order valence-corrected chi connectivity index (χ0v) is 52.2. The number of aliphatic hydroxyl groups excluding tert-OH is 2. The summed E-state index contributed by atoms with van der Waals surface area (Å²) >= 11 is 0. The molecular formula is C71H137NO5. The largest absolute Gasteiger partial charge is 0.466 e. The molecule has 0 aromatic heterocycles. The van der Waals surface area contributed by atoms with Crippen molar-refractivity contribution in [2.45, 2.75) is 405 Å². The molecular weight excluding hydrogens is 947 g/mol. The van der Waals surface area contributed by atoms with Gasteiger partial charge in [-0.25, -0.2) is 0 Å². The fourth-order valence-electron chi connectivity index (χ4n) is 11.1. The van der Waals surface area contributed by atoms with Gasteiger partial charge in [0.2, 0.25) is 5.91 Å². The smallest absolute Gasteiger partial charge is 0.305 e. The minimum Gasteiger partial charge on any atom is -0.466 e. The Balaban J connectivity index is 3.40. The number of esters is 1. The summed E-state index contributed by atoms with van der Waals surface area (Å²) in [7, 11) is 0. The Morgan fingerprint density at radius 2 is 0.610 bits per heavy atom. The Kier molecular flexibility index (Phi) is 65.4. The van der Waals surface area contributed by atoms with Crippen LogP contribution in [0.1, 0.15) is 393 Å². The van der Waals surface area contributed by atoms with E-state index in [-0.39, 0.29) is 18.5 Å². The molecule has 0 bridgehead atoms. The van der Waals surface area contributed by atoms with Crippen molar-refractivity contribution < 1.29 is 24.5 Å². The first kappa shape index (κ1) is 75.3. The van der Waals surface area contributed by atoms with Gasteiger partial charge in [-0.05, 0) is 77.0 Å². The molecule has 0 radical (unpaired) electrons. The summed E-state index contributed by atoms with van der Waals surface area (Å²) in [6.07, 6.45) is 83.6. The van der Waals surface area contributed by atoms with Gasteiger partial charge < -0.3 is 20.3 Å². The van der Waals surface area contributed by atoms with Crippen molar-refractivity contribution in [3.05, 3.63) is 24.3 Å². The highest BCUT2D eigenvalue weighted by Gasteiger charge is 2.20. The summed E-state index contributed by atoms with van der Waals surface area (Å²) in [4.78, 5) is 24.6. The van der Waals surface area contributed by atoms with E-state index in [4.69, 9.17) is 4.74 Å². The molecule has 0 heterocycles. The predicted molar refractivity (Wildman–Crippen MR) is 338 cm³/mol. The number of rotatable bonds is 66. The lowest BCUT2D eigenvalue weighted by atomic mass is 10.0. The number of hydrogen-bond acceptors (Lipinski definition) is 5. The molecule has 0 saturated heterocycles. The number of amides is 1. The molecule has 2 atom stereocenters. The van der Waals surface area contributed by atoms with E-state index in [1.165, 1.54) is 315 Å². The zero-order chi connectivity index (χ0) is 55.7. The molecule has 0 aliphatic rings. The lowest BCUT2D eigenvalue weighted by Gasteiger charge is -2.22. The van der Waals surface area contributed by atoms with Crippen molar-refractivity contribution >= 4 is 11.9 Å². The SMILES string of the molecule is CCCCCCCC/C=C\CCCCCCCCCCCC(=O)OCCCCCCCCCCCCC/C=C\CCCCCCCCCC(=O)NC(CO)C(O)CCCCCCCCCCCCCCCCCCCCC. The van der Waals surface area contributed by atoms with E-state index >= 15 is 0 Å². The molecule has 0 saturated carbocycles. The third-order valence-corrected chi connectivity index (χ3v) is 16.5. The maximum atomic E-state index is 12.5. The highest BCUT2D eigenvalue weighted by Crippen LogP contribution is 2.19. The Bertz CT molecular complexity index is 1200. The quantitative estimate of drug-likeness (QED) is 0.0320. The monoisotopic (exact) mass is 1080 g/mol. The molecule has 6 heteroatoms. The van der Waals surface area contributed by atoms with Crippen LogP contribution in [0.15, 0.2) is 24.3 Å². The Labute approximate surface area is 481 Å². The standard InChI is InChI=1S/C71H137NO5/c1-3-5-7-9-11-13-15-17-19-21-27-31-35-39-43-47-51-55-59-63-69(74)68(67-73)72-70(75)64-60-56-52-48-44-40-36-32-29-25-23-24-26-30-34-38-42-46-50-54-58-62-66-77-71(76)65-61-57-53-49-45-41-37-33-28-22-20-18-16-14-12-10-8-6-4-2/h18,20,25,29,68-69,73-74H,3-17,19,21-24,26-28,30-67H2,1-2H3,(H,72,75)/b20-18-,29-25-. The van der Waals surface area contributed by atoms with Crippen molar-refractivity contribution in [2.24, 2.45) is 0 Å². The highest BCUT2D eigenvalue weighted by atomic mass is 16.5. The molecule has 0 aliphatic carbocycles. The molecule has 0 aromatic rings. The molecule has 0 aromatic carbocycles. The summed E-state index contributed by atoms with van der Waals surface area (Å²) in [5, 5.41) is 23.4. The first-order valence-corrected chi connectivity index (χ1v) is 35.1. The molecule has 3 N–H and O–H groups in total. The Hall–Kier alpha value is -1.66. The first-order valence-electron chi connectivity index (χ1n) is 35.1. The fourth-order valence-corrected chi connectivity index (χ4v) is 11.1. The maximum absolute atomic E-state index is 12.5. The summed E-state index contributed by atoms with van der Waals surface area (Å²) < 4.78 is 5.51. The summed E-state index contributed by atoms with van der Waals surface area (Å²) in [5.41, 5.74) is 0. The first-order chi connectivity index (χ1) is 38.0. The van der Waals surface area contributed by atoms with Gasteiger partial charge in [0.05, 0.1) is 25.4 Å². The van der Waals surface area contributed by atoms with E-state index in [1.54, 1.807) is 0 Å². The Morgan fingerprint density at radius 3 is 0.922 bits per heavy atom. The number of carbonyl (C=O) groups excluding carboxylic acids is 2. The number of hydrogen-bond donors (Lipinski definition) is 3. The van der Waals surface area contributed by atoms with E-state index < -0.39 is 12.1 Å². The highest BCUT2D eigenvalue weighted by molar-refractivity contribution is 5.76. The molecule has 77 heavy (non-hydrogen) atoms. The summed E-state index contributed by atoms with van der Waals surface area (Å²) in [5.74, 6) is -0.0277. The molecule has 6 nitrogen and oxygen atoms in total. The van der Waals surface area contributed by atoms with Gasteiger partial charge >= 0.3 is 5.97 Å². The lowest BCUT2D eigenvalue weighted by molar-refractivity contribution is -0.143. The van der Waals surface area contributed by atoms with E-state index in [0.29, 0.717) is 25.9 Å². The van der Waals surface area contributed by atoms with E-state index in [0.717, 1.165) is 44.9 Å². The average molecular weight is 1080 g/mol. The second-order valence-corrected chi connectivity index (χ2v) is 24.2. The number of nitrogens with one attached hydrogen (secondary N) is 1. The average Bonchev–Trinajstić information content (AvgIpc) is 3.43. The van der Waals surface area contributed by atoms with Crippen LogP contribution in [0.3, 0.4) is 0 Å². The van der Waals surface area contributed by atoms with E-state index in [1.807, 2.05) is 0 Å². The number of ether oxygens (including phenoxy) is 1. The molecule has 0 spiro atoms. The van der Waals surface area contributed by atoms with Gasteiger partial charge in [0.15, 0.2) is 0 Å². The second kappa shape index (κ2) is 66.8. The third kappa shape index (κ3) is 63.4. The van der Waals surface area contributed by atoms with Crippen molar-refractivity contribution in [3.8, 4) is 0 Å². The normalized spacial score (nSPS) is 12.6. The third-order valence-electron chi connectivity index (χ3n) is 16.5. The predicted octanol–water partition coefficient (Wildman–Crippen LogP) is 22.5. The lowest BCUT2D eigenvalue weighted by Crippen LogP contribution is -2.45. The van der Waals surface area contributed by atoms with Crippen LogP contribution < -0.4 is 5.32 Å². The summed E-state index contributed by atoms with van der Waals surface area (Å²) in [6.45, 7) is 4.98. The van der Waals surface area contributed by atoms with Crippen LogP contribution in [-0.4, -0.2) is 47.4 Å². The van der Waals surface area contributed by atoms with Crippen LogP contribution in [0, 0.1) is 0 Å². The van der Waals surface area contributed by atoms with Crippen molar-refractivity contribution in [1.29, 1.82) is 0 Å². The van der Waals surface area contributed by atoms with E-state index in [9.17, 15) is 19.8 Å². The zero-order valence-electron chi connectivity index (χ0n) is 52.2. The van der Waals surface area contributed by atoms with Crippen molar-refractivity contribution in [2.75, 3.05) is 13.2 Å². The maximum Gasteiger partial charge on any atom is 0.305 e. The number of aliphatic hydroxyl groups is 2. The van der Waals surface area contributed by atoms with Crippen LogP contribution in [0.5, 0.6) is 0 Å². The summed E-state index contributed by atoms with van der Waals surface area (Å²) in [6, 6.07) is -0.547. The molecule has 0 fully saturated rings. The molecule has 2 unspecified atom stereocenters. The van der Waals surface area contributed by atoms with E-state index in [2.05, 4.69) is 43.5 Å². The van der Waals surface area contributed by atoms with Gasteiger partial charge in [-0.3, -0.25) is 9.59 Å².